The van der Waals surface area contributed by atoms with Gasteiger partial charge in [0.15, 0.2) is 0 Å². The van der Waals surface area contributed by atoms with E-state index in [1.165, 1.54) is 0 Å². The standard InChI is InChI=1S/C20H17N3O6/c24-17-9-10-18(25)23(17)29-20(27)22-21-19(26)28-11-16-14-7-3-1-5-12(14)13-6-2-4-8-15(13)16/h1-8,16H,9-11H2,(H,21,26)(H,22,27). The van der Waals surface area contributed by atoms with Crippen molar-refractivity contribution in [2.45, 2.75) is 18.8 Å². The maximum absolute atomic E-state index is 11.9. The van der Waals surface area contributed by atoms with Crippen molar-refractivity contribution in [3.8, 4) is 11.1 Å². The summed E-state index contributed by atoms with van der Waals surface area (Å²) in [4.78, 5) is 50.9. The number of hydroxylamine groups is 2. The van der Waals surface area contributed by atoms with Crippen LogP contribution in [0.25, 0.3) is 11.1 Å². The lowest BCUT2D eigenvalue weighted by Gasteiger charge is -2.15. The van der Waals surface area contributed by atoms with Gasteiger partial charge in [0.05, 0.1) is 0 Å². The normalized spacial score (nSPS) is 15.0. The van der Waals surface area contributed by atoms with Crippen LogP contribution in [0.1, 0.15) is 29.9 Å². The van der Waals surface area contributed by atoms with E-state index in [1.54, 1.807) is 0 Å². The van der Waals surface area contributed by atoms with Gasteiger partial charge in [0.25, 0.3) is 11.8 Å². The monoisotopic (exact) mass is 395 g/mol. The molecule has 0 unspecified atom stereocenters. The minimum absolute atomic E-state index is 0.0219. The molecule has 9 nitrogen and oxygen atoms in total. The van der Waals surface area contributed by atoms with Crippen LogP contribution in [0, 0.1) is 0 Å². The van der Waals surface area contributed by atoms with E-state index in [2.05, 4.69) is 4.84 Å². The fraction of sp³-hybridized carbons (Fsp3) is 0.200. The topological polar surface area (TPSA) is 114 Å². The number of nitrogens with one attached hydrogen (secondary N) is 2. The maximum Gasteiger partial charge on any atom is 0.451 e. The number of benzene rings is 2. The van der Waals surface area contributed by atoms with Gasteiger partial charge in [-0.15, -0.1) is 5.06 Å². The van der Waals surface area contributed by atoms with E-state index < -0.39 is 24.0 Å². The SMILES string of the molecule is O=C(NNC(=O)ON1C(=O)CCC1=O)OCC1c2ccccc2-c2ccccc21. The zero-order valence-electron chi connectivity index (χ0n) is 15.2. The summed E-state index contributed by atoms with van der Waals surface area (Å²) in [5, 5.41) is 0.370. The molecule has 0 saturated carbocycles. The smallest absolute Gasteiger partial charge is 0.447 e. The number of carbonyl (C=O) groups excluding carboxylic acids is 4. The second-order valence-corrected chi connectivity index (χ2v) is 6.54. The molecule has 0 spiro atoms. The molecule has 148 valence electrons. The average molecular weight is 395 g/mol. The van der Waals surface area contributed by atoms with E-state index in [1.807, 2.05) is 59.4 Å². The first-order valence-corrected chi connectivity index (χ1v) is 8.99. The van der Waals surface area contributed by atoms with Gasteiger partial charge in [-0.25, -0.2) is 20.4 Å². The molecule has 2 aliphatic rings. The summed E-state index contributed by atoms with van der Waals surface area (Å²) < 4.78 is 5.23. The second kappa shape index (κ2) is 7.63. The van der Waals surface area contributed by atoms with Crippen LogP contribution < -0.4 is 10.9 Å². The van der Waals surface area contributed by atoms with Crippen LogP contribution in [0.5, 0.6) is 0 Å². The van der Waals surface area contributed by atoms with Crippen molar-refractivity contribution in [1.82, 2.24) is 15.9 Å². The van der Waals surface area contributed by atoms with Gasteiger partial charge in [-0.05, 0) is 22.3 Å². The highest BCUT2D eigenvalue weighted by molar-refractivity contribution is 6.01. The lowest BCUT2D eigenvalue weighted by atomic mass is 9.98. The molecule has 0 atom stereocenters. The molecule has 4 amide bonds. The van der Waals surface area contributed by atoms with Crippen LogP contribution in [0.15, 0.2) is 48.5 Å². The van der Waals surface area contributed by atoms with Gasteiger partial charge in [-0.2, -0.15) is 0 Å². The summed E-state index contributed by atoms with van der Waals surface area (Å²) >= 11 is 0. The highest BCUT2D eigenvalue weighted by Gasteiger charge is 2.33. The largest absolute Gasteiger partial charge is 0.451 e. The fourth-order valence-electron chi connectivity index (χ4n) is 3.50. The number of imide groups is 1. The molecule has 1 aliphatic heterocycles. The third-order valence-electron chi connectivity index (χ3n) is 4.79. The quantitative estimate of drug-likeness (QED) is 0.609. The van der Waals surface area contributed by atoms with Crippen molar-refractivity contribution in [1.29, 1.82) is 0 Å². The van der Waals surface area contributed by atoms with E-state index in [9.17, 15) is 19.2 Å². The molecule has 0 radical (unpaired) electrons. The van der Waals surface area contributed by atoms with Gasteiger partial charge in [0.1, 0.15) is 6.61 Å². The van der Waals surface area contributed by atoms with Gasteiger partial charge in [-0.1, -0.05) is 48.5 Å². The molecular weight excluding hydrogens is 378 g/mol. The van der Waals surface area contributed by atoms with Crippen LogP contribution in [0.2, 0.25) is 0 Å². The Morgan fingerprint density at radius 3 is 1.97 bits per heavy atom. The fourth-order valence-corrected chi connectivity index (χ4v) is 3.50. The predicted octanol–water partition coefficient (Wildman–Crippen LogP) is 2.23. The number of nitrogens with zero attached hydrogens (tertiary/aromatic N) is 1. The number of rotatable bonds is 3. The summed E-state index contributed by atoms with van der Waals surface area (Å²) in [5.74, 6) is -1.36. The lowest BCUT2D eigenvalue weighted by molar-refractivity contribution is -0.171. The summed E-state index contributed by atoms with van der Waals surface area (Å²) in [7, 11) is 0. The molecular formula is C20H17N3O6. The van der Waals surface area contributed by atoms with Crippen LogP contribution in [-0.4, -0.2) is 35.7 Å². The van der Waals surface area contributed by atoms with Crippen LogP contribution in [0.3, 0.4) is 0 Å². The van der Waals surface area contributed by atoms with Crippen molar-refractivity contribution in [2.24, 2.45) is 0 Å². The van der Waals surface area contributed by atoms with Gasteiger partial charge >= 0.3 is 12.2 Å². The number of carbonyl (C=O) groups is 4. The number of fused-ring (bicyclic) bond motifs is 3. The van der Waals surface area contributed by atoms with Crippen molar-refractivity contribution in [3.05, 3.63) is 59.7 Å². The number of amides is 4. The molecule has 29 heavy (non-hydrogen) atoms. The third kappa shape index (κ3) is 3.62. The van der Waals surface area contributed by atoms with Crippen molar-refractivity contribution in [3.63, 3.8) is 0 Å². The molecule has 0 aromatic heterocycles. The van der Waals surface area contributed by atoms with Crippen LogP contribution >= 0.6 is 0 Å². The van der Waals surface area contributed by atoms with Crippen LogP contribution in [-0.2, 0) is 19.2 Å². The summed E-state index contributed by atoms with van der Waals surface area (Å²) in [6.07, 6.45) is -2.12. The summed E-state index contributed by atoms with van der Waals surface area (Å²) in [5.41, 5.74) is 8.26. The molecule has 0 bridgehead atoms. The molecule has 1 saturated heterocycles. The Bertz CT molecular complexity index is 944. The van der Waals surface area contributed by atoms with E-state index in [4.69, 9.17) is 4.74 Å². The van der Waals surface area contributed by atoms with Crippen LogP contribution in [0.4, 0.5) is 9.59 Å². The molecule has 1 heterocycles. The van der Waals surface area contributed by atoms with E-state index in [0.29, 0.717) is 5.06 Å². The molecule has 2 aromatic rings. The Morgan fingerprint density at radius 2 is 1.38 bits per heavy atom. The van der Waals surface area contributed by atoms with E-state index in [-0.39, 0.29) is 25.4 Å². The van der Waals surface area contributed by atoms with Crippen molar-refractivity contribution >= 4 is 24.0 Å². The Hall–Kier alpha value is -3.88. The van der Waals surface area contributed by atoms with Crippen molar-refractivity contribution < 1.29 is 28.8 Å². The Morgan fingerprint density at radius 1 is 0.862 bits per heavy atom. The number of hydrazine groups is 1. The molecule has 9 heteroatoms. The molecule has 1 aliphatic carbocycles. The zero-order chi connectivity index (χ0) is 20.4. The summed E-state index contributed by atoms with van der Waals surface area (Å²) in [6.45, 7) is 0.0691. The van der Waals surface area contributed by atoms with E-state index >= 15 is 0 Å². The molecule has 2 aromatic carbocycles. The maximum atomic E-state index is 11.9. The minimum Gasteiger partial charge on any atom is -0.447 e. The number of hydrogen-bond acceptors (Lipinski definition) is 6. The molecule has 4 rings (SSSR count). The first-order chi connectivity index (χ1) is 14.0. The molecule has 1 fully saturated rings. The summed E-state index contributed by atoms with van der Waals surface area (Å²) in [6, 6.07) is 15.8. The Balaban J connectivity index is 1.32. The van der Waals surface area contributed by atoms with Crippen molar-refractivity contribution in [2.75, 3.05) is 6.61 Å². The first kappa shape index (κ1) is 18.5. The van der Waals surface area contributed by atoms with Gasteiger partial charge in [0.2, 0.25) is 0 Å². The Labute approximate surface area is 165 Å². The predicted molar refractivity (Wildman–Crippen MR) is 98.9 cm³/mol. The highest BCUT2D eigenvalue weighted by Crippen LogP contribution is 2.44. The average Bonchev–Trinajstić information content (AvgIpc) is 3.22. The van der Waals surface area contributed by atoms with Gasteiger partial charge in [-0.3, -0.25) is 9.59 Å². The van der Waals surface area contributed by atoms with Gasteiger partial charge in [0, 0.05) is 18.8 Å². The number of ether oxygens (including phenoxy) is 1. The number of hydrogen-bond donors (Lipinski definition) is 2. The van der Waals surface area contributed by atoms with Gasteiger partial charge < -0.3 is 9.57 Å². The molecule has 2 N–H and O–H groups in total. The second-order valence-electron chi connectivity index (χ2n) is 6.54. The minimum atomic E-state index is -1.18. The first-order valence-electron chi connectivity index (χ1n) is 8.99. The van der Waals surface area contributed by atoms with E-state index in [0.717, 1.165) is 22.3 Å². The zero-order valence-corrected chi connectivity index (χ0v) is 15.2. The lowest BCUT2D eigenvalue weighted by Crippen LogP contribution is -2.45. The Kier molecular flexibility index (Phi) is 4.86. The highest BCUT2D eigenvalue weighted by atomic mass is 16.7. The third-order valence-corrected chi connectivity index (χ3v) is 4.79.